The molecule has 0 aromatic carbocycles. The molecule has 6 nitrogen and oxygen atoms in total. The second kappa shape index (κ2) is 2.51. The van der Waals surface area contributed by atoms with Crippen LogP contribution in [0, 0.1) is 21.4 Å². The fraction of sp³-hybridized carbons (Fsp3) is 0. The van der Waals surface area contributed by atoms with Crippen LogP contribution >= 0.6 is 11.5 Å². The second-order valence-electron chi connectivity index (χ2n) is 1.61. The van der Waals surface area contributed by atoms with Gasteiger partial charge in [0, 0.05) is 0 Å². The molecule has 0 radical (unpaired) electrons. The molecule has 1 rings (SSSR count). The van der Waals surface area contributed by atoms with Gasteiger partial charge in [-0.2, -0.15) is 9.64 Å². The van der Waals surface area contributed by atoms with E-state index in [1.165, 1.54) is 0 Å². The summed E-state index contributed by atoms with van der Waals surface area (Å²) in [6, 6.07) is 1.58. The third kappa shape index (κ3) is 1.11. The van der Waals surface area contributed by atoms with E-state index in [1.807, 2.05) is 0 Å². The lowest BCUT2D eigenvalue weighted by atomic mass is 10.4. The number of nitrogens with two attached hydrogens (primary N) is 1. The molecule has 0 amide bonds. The van der Waals surface area contributed by atoms with Crippen LogP contribution < -0.4 is 5.73 Å². The molecule has 0 aliphatic rings. The van der Waals surface area contributed by atoms with Gasteiger partial charge in [0.1, 0.15) is 6.07 Å². The summed E-state index contributed by atoms with van der Waals surface area (Å²) in [7, 11) is 0. The van der Waals surface area contributed by atoms with E-state index in [9.17, 15) is 10.1 Å². The first-order valence-electron chi connectivity index (χ1n) is 2.46. The van der Waals surface area contributed by atoms with Gasteiger partial charge in [-0.15, -0.1) is 0 Å². The molecule has 0 spiro atoms. The Bertz CT molecular complexity index is 338. The molecule has 0 fully saturated rings. The van der Waals surface area contributed by atoms with Gasteiger partial charge in [0.15, 0.2) is 5.00 Å². The number of hydrogen-bond donors (Lipinski definition) is 1. The summed E-state index contributed by atoms with van der Waals surface area (Å²) in [6.45, 7) is 0. The SMILES string of the molecule is N#Cc1nsc(N)c1[N+](=O)[O-]. The van der Waals surface area contributed by atoms with Crippen LogP contribution in [0.2, 0.25) is 0 Å². The average Bonchev–Trinajstić information content (AvgIpc) is 2.30. The summed E-state index contributed by atoms with van der Waals surface area (Å²) in [4.78, 5) is 9.49. The predicted octanol–water partition coefficient (Wildman–Crippen LogP) is 0.505. The molecule has 0 unspecified atom stereocenters. The number of anilines is 1. The maximum Gasteiger partial charge on any atom is 0.341 e. The van der Waals surface area contributed by atoms with E-state index in [4.69, 9.17) is 11.0 Å². The third-order valence-corrected chi connectivity index (χ3v) is 1.65. The minimum atomic E-state index is -0.711. The lowest BCUT2D eigenvalue weighted by molar-refractivity contribution is -0.384. The van der Waals surface area contributed by atoms with Crippen LogP contribution in [0.1, 0.15) is 5.69 Å². The Hall–Kier alpha value is -1.68. The minimum absolute atomic E-state index is 0.0356. The summed E-state index contributed by atoms with van der Waals surface area (Å²) in [5.74, 6) is 0. The third-order valence-electron chi connectivity index (χ3n) is 0.981. The summed E-state index contributed by atoms with van der Waals surface area (Å²) in [5.41, 5.74) is 4.57. The molecule has 0 bridgehead atoms. The van der Waals surface area contributed by atoms with Gasteiger partial charge in [-0.1, -0.05) is 0 Å². The largest absolute Gasteiger partial charge is 0.384 e. The van der Waals surface area contributed by atoms with Crippen molar-refractivity contribution in [3.8, 4) is 6.07 Å². The second-order valence-corrected chi connectivity index (χ2v) is 2.42. The number of aromatic nitrogens is 1. The van der Waals surface area contributed by atoms with Crippen molar-refractivity contribution in [2.24, 2.45) is 0 Å². The highest BCUT2D eigenvalue weighted by atomic mass is 32.1. The van der Waals surface area contributed by atoms with Crippen LogP contribution in [0.5, 0.6) is 0 Å². The number of nitro groups is 1. The van der Waals surface area contributed by atoms with Crippen molar-refractivity contribution in [1.82, 2.24) is 4.37 Å². The van der Waals surface area contributed by atoms with Gasteiger partial charge in [-0.3, -0.25) is 10.1 Å². The number of nitrogen functional groups attached to an aromatic ring is 1. The van der Waals surface area contributed by atoms with Crippen LogP contribution in [0.25, 0.3) is 0 Å². The summed E-state index contributed by atoms with van der Waals surface area (Å²) in [6.07, 6.45) is 0. The zero-order valence-corrected chi connectivity index (χ0v) is 5.96. The van der Waals surface area contributed by atoms with E-state index >= 15 is 0 Å². The first kappa shape index (κ1) is 7.43. The molecule has 1 aromatic rings. The molecule has 11 heavy (non-hydrogen) atoms. The Morgan fingerprint density at radius 2 is 2.45 bits per heavy atom. The van der Waals surface area contributed by atoms with Crippen molar-refractivity contribution in [3.05, 3.63) is 15.8 Å². The quantitative estimate of drug-likeness (QED) is 0.488. The number of hydrogen-bond acceptors (Lipinski definition) is 6. The zero-order chi connectivity index (χ0) is 8.43. The number of nitrogens with zero attached hydrogens (tertiary/aromatic N) is 3. The molecule has 0 aliphatic carbocycles. The maximum atomic E-state index is 10.2. The van der Waals surface area contributed by atoms with E-state index in [-0.39, 0.29) is 10.7 Å². The highest BCUT2D eigenvalue weighted by Gasteiger charge is 2.21. The van der Waals surface area contributed by atoms with Crippen molar-refractivity contribution >= 4 is 22.2 Å². The molecule has 7 heteroatoms. The van der Waals surface area contributed by atoms with Crippen LogP contribution in [-0.4, -0.2) is 9.30 Å². The summed E-state index contributed by atoms with van der Waals surface area (Å²) in [5, 5.41) is 18.5. The average molecular weight is 170 g/mol. The normalized spacial score (nSPS) is 9.00. The van der Waals surface area contributed by atoms with Crippen molar-refractivity contribution in [2.75, 3.05) is 5.73 Å². The van der Waals surface area contributed by atoms with E-state index in [2.05, 4.69) is 4.37 Å². The Kier molecular flexibility index (Phi) is 1.70. The lowest BCUT2D eigenvalue weighted by Crippen LogP contribution is -1.93. The Labute approximate surface area is 65.2 Å². The molecule has 1 heterocycles. The lowest BCUT2D eigenvalue weighted by Gasteiger charge is -1.84. The van der Waals surface area contributed by atoms with Gasteiger partial charge in [0.05, 0.1) is 4.92 Å². The first-order valence-corrected chi connectivity index (χ1v) is 3.23. The monoisotopic (exact) mass is 170 g/mol. The van der Waals surface area contributed by atoms with Crippen LogP contribution in [-0.2, 0) is 0 Å². The van der Waals surface area contributed by atoms with E-state index in [0.29, 0.717) is 0 Å². The highest BCUT2D eigenvalue weighted by molar-refractivity contribution is 7.10. The van der Waals surface area contributed by atoms with Gasteiger partial charge in [-0.05, 0) is 11.5 Å². The Morgan fingerprint density at radius 1 is 1.82 bits per heavy atom. The zero-order valence-electron chi connectivity index (χ0n) is 5.14. The van der Waals surface area contributed by atoms with Crippen LogP contribution in [0.15, 0.2) is 0 Å². The molecular weight excluding hydrogens is 168 g/mol. The molecule has 0 aliphatic heterocycles. The van der Waals surface area contributed by atoms with Crippen LogP contribution in [0.3, 0.4) is 0 Å². The van der Waals surface area contributed by atoms with E-state index in [1.54, 1.807) is 6.07 Å². The molecule has 0 saturated heterocycles. The molecule has 1 aromatic heterocycles. The predicted molar refractivity (Wildman–Crippen MR) is 37.9 cm³/mol. The van der Waals surface area contributed by atoms with Crippen molar-refractivity contribution in [3.63, 3.8) is 0 Å². The van der Waals surface area contributed by atoms with Gasteiger partial charge in [0.2, 0.25) is 5.69 Å². The number of nitriles is 1. The molecule has 56 valence electrons. The molecule has 0 saturated carbocycles. The summed E-state index contributed by atoms with van der Waals surface area (Å²) >= 11 is 0.748. The first-order chi connectivity index (χ1) is 5.16. The van der Waals surface area contributed by atoms with Gasteiger partial charge >= 0.3 is 5.69 Å². The fourth-order valence-corrected chi connectivity index (χ4v) is 1.12. The van der Waals surface area contributed by atoms with Gasteiger partial charge < -0.3 is 5.73 Å². The maximum absolute atomic E-state index is 10.2. The van der Waals surface area contributed by atoms with Crippen LogP contribution in [0.4, 0.5) is 10.7 Å². The van der Waals surface area contributed by atoms with Crippen molar-refractivity contribution in [2.45, 2.75) is 0 Å². The molecule has 0 atom stereocenters. The van der Waals surface area contributed by atoms with E-state index < -0.39 is 10.6 Å². The Morgan fingerprint density at radius 3 is 2.82 bits per heavy atom. The van der Waals surface area contributed by atoms with E-state index in [0.717, 1.165) is 11.5 Å². The van der Waals surface area contributed by atoms with Crippen molar-refractivity contribution in [1.29, 1.82) is 5.26 Å². The minimum Gasteiger partial charge on any atom is -0.384 e. The number of rotatable bonds is 1. The highest BCUT2D eigenvalue weighted by Crippen LogP contribution is 2.28. The topological polar surface area (TPSA) is 106 Å². The Balaban J connectivity index is 3.32. The molecular formula is C4H2N4O2S. The fourth-order valence-electron chi connectivity index (χ4n) is 0.548. The summed E-state index contributed by atoms with van der Waals surface area (Å²) < 4.78 is 3.47. The molecule has 2 N–H and O–H groups in total. The van der Waals surface area contributed by atoms with Gasteiger partial charge in [-0.25, -0.2) is 0 Å². The smallest absolute Gasteiger partial charge is 0.341 e. The standard InChI is InChI=1S/C4H2N4O2S/c5-1-2-3(8(9)10)4(6)11-7-2/h6H2. The van der Waals surface area contributed by atoms with Crippen molar-refractivity contribution < 1.29 is 4.92 Å². The van der Waals surface area contributed by atoms with Gasteiger partial charge in [0.25, 0.3) is 0 Å².